The lowest BCUT2D eigenvalue weighted by Crippen LogP contribution is -2.22. The summed E-state index contributed by atoms with van der Waals surface area (Å²) in [6, 6.07) is 5.99. The Morgan fingerprint density at radius 2 is 2.00 bits per heavy atom. The maximum absolute atomic E-state index is 11.8. The molecule has 0 atom stereocenters. The van der Waals surface area contributed by atoms with Crippen molar-refractivity contribution >= 4 is 21.6 Å². The first-order valence-electron chi connectivity index (χ1n) is 4.02. The van der Waals surface area contributed by atoms with Crippen molar-refractivity contribution in [3.8, 4) is 6.07 Å². The standard InChI is InChI=1S/C9H9ClN2O2S/c1-12(2)15(13,14)9-5-7(6-11)3-4-8(9)10/h3-5H,1-2H3. The summed E-state index contributed by atoms with van der Waals surface area (Å²) in [6.45, 7) is 0. The quantitative estimate of drug-likeness (QED) is 0.791. The zero-order valence-electron chi connectivity index (χ0n) is 8.23. The van der Waals surface area contributed by atoms with Crippen molar-refractivity contribution < 1.29 is 8.42 Å². The molecule has 0 spiro atoms. The summed E-state index contributed by atoms with van der Waals surface area (Å²) in [5, 5.41) is 8.77. The minimum absolute atomic E-state index is 0.0479. The van der Waals surface area contributed by atoms with Crippen molar-refractivity contribution in [3.63, 3.8) is 0 Å². The molecule has 15 heavy (non-hydrogen) atoms. The molecule has 0 aliphatic rings. The maximum Gasteiger partial charge on any atom is 0.244 e. The molecule has 6 heteroatoms. The first-order chi connectivity index (χ1) is 6.89. The summed E-state index contributed by atoms with van der Waals surface area (Å²) in [4.78, 5) is -0.0479. The molecule has 0 saturated heterocycles. The molecule has 80 valence electrons. The van der Waals surface area contributed by atoms with Crippen LogP contribution in [0.15, 0.2) is 23.1 Å². The third-order valence-electron chi connectivity index (χ3n) is 1.82. The predicted molar refractivity (Wildman–Crippen MR) is 57.0 cm³/mol. The number of hydrogen-bond donors (Lipinski definition) is 0. The lowest BCUT2D eigenvalue weighted by Gasteiger charge is -2.12. The smallest absolute Gasteiger partial charge is 0.207 e. The topological polar surface area (TPSA) is 61.2 Å². The van der Waals surface area contributed by atoms with E-state index in [-0.39, 0.29) is 15.5 Å². The number of sulfonamides is 1. The summed E-state index contributed by atoms with van der Waals surface area (Å²) in [5.41, 5.74) is 0.264. The molecule has 0 aromatic heterocycles. The summed E-state index contributed by atoms with van der Waals surface area (Å²) in [7, 11) is -0.775. The summed E-state index contributed by atoms with van der Waals surface area (Å²) >= 11 is 5.77. The first-order valence-corrected chi connectivity index (χ1v) is 5.83. The van der Waals surface area contributed by atoms with E-state index in [0.717, 1.165) is 4.31 Å². The Morgan fingerprint density at radius 1 is 1.40 bits per heavy atom. The molecule has 0 saturated carbocycles. The molecule has 1 aromatic carbocycles. The monoisotopic (exact) mass is 244 g/mol. The second-order valence-electron chi connectivity index (χ2n) is 3.04. The Balaban J connectivity index is 3.45. The number of nitrogens with zero attached hydrogens (tertiary/aromatic N) is 2. The van der Waals surface area contributed by atoms with Crippen molar-refractivity contribution in [1.29, 1.82) is 5.26 Å². The molecule has 0 N–H and O–H groups in total. The van der Waals surface area contributed by atoms with Crippen LogP contribution in [0.25, 0.3) is 0 Å². The van der Waals surface area contributed by atoms with Gasteiger partial charge in [-0.2, -0.15) is 5.26 Å². The van der Waals surface area contributed by atoms with Gasteiger partial charge in [0.05, 0.1) is 16.7 Å². The van der Waals surface area contributed by atoms with E-state index < -0.39 is 10.0 Å². The van der Waals surface area contributed by atoms with Crippen LogP contribution in [0.4, 0.5) is 0 Å². The third-order valence-corrected chi connectivity index (χ3v) is 4.12. The van der Waals surface area contributed by atoms with E-state index in [2.05, 4.69) is 0 Å². The average Bonchev–Trinajstić information content (AvgIpc) is 2.18. The van der Waals surface area contributed by atoms with Crippen LogP contribution in [-0.4, -0.2) is 26.8 Å². The molecule has 1 rings (SSSR count). The first kappa shape index (κ1) is 12.0. The number of rotatable bonds is 2. The highest BCUT2D eigenvalue weighted by molar-refractivity contribution is 7.89. The summed E-state index contributed by atoms with van der Waals surface area (Å²) in [6.07, 6.45) is 0. The average molecular weight is 245 g/mol. The van der Waals surface area contributed by atoms with Crippen LogP contribution in [0.2, 0.25) is 5.02 Å². The van der Waals surface area contributed by atoms with Gasteiger partial charge in [-0.25, -0.2) is 12.7 Å². The third kappa shape index (κ3) is 2.29. The van der Waals surface area contributed by atoms with Gasteiger partial charge in [0.15, 0.2) is 0 Å². The number of halogens is 1. The lowest BCUT2D eigenvalue weighted by molar-refractivity contribution is 0.521. The largest absolute Gasteiger partial charge is 0.244 e. The fourth-order valence-corrected chi connectivity index (χ4v) is 2.36. The van der Waals surface area contributed by atoms with Gasteiger partial charge in [0.25, 0.3) is 0 Å². The van der Waals surface area contributed by atoms with Crippen molar-refractivity contribution in [2.75, 3.05) is 14.1 Å². The molecule has 0 radical (unpaired) electrons. The Kier molecular flexibility index (Phi) is 3.35. The fourth-order valence-electron chi connectivity index (χ4n) is 0.967. The van der Waals surface area contributed by atoms with E-state index in [1.54, 1.807) is 0 Å². The van der Waals surface area contributed by atoms with E-state index in [1.807, 2.05) is 6.07 Å². The molecule has 0 aliphatic carbocycles. The van der Waals surface area contributed by atoms with Gasteiger partial charge in [0.1, 0.15) is 4.90 Å². The van der Waals surface area contributed by atoms with Gasteiger partial charge in [-0.15, -0.1) is 0 Å². The number of benzene rings is 1. The van der Waals surface area contributed by atoms with Gasteiger partial charge in [0.2, 0.25) is 10.0 Å². The van der Waals surface area contributed by atoms with Gasteiger partial charge < -0.3 is 0 Å². The zero-order valence-corrected chi connectivity index (χ0v) is 9.80. The van der Waals surface area contributed by atoms with Crippen LogP contribution < -0.4 is 0 Å². The van der Waals surface area contributed by atoms with Crippen molar-refractivity contribution in [1.82, 2.24) is 4.31 Å². The van der Waals surface area contributed by atoms with Gasteiger partial charge >= 0.3 is 0 Å². The number of nitriles is 1. The van der Waals surface area contributed by atoms with Gasteiger partial charge in [0, 0.05) is 14.1 Å². The van der Waals surface area contributed by atoms with Crippen LogP contribution in [0.3, 0.4) is 0 Å². The molecular weight excluding hydrogens is 236 g/mol. The van der Waals surface area contributed by atoms with Crippen molar-refractivity contribution in [2.24, 2.45) is 0 Å². The van der Waals surface area contributed by atoms with Crippen LogP contribution in [0.1, 0.15) is 5.56 Å². The molecule has 4 nitrogen and oxygen atoms in total. The fraction of sp³-hybridized carbons (Fsp3) is 0.222. The van der Waals surface area contributed by atoms with Crippen LogP contribution >= 0.6 is 11.6 Å². The number of hydrogen-bond acceptors (Lipinski definition) is 3. The Bertz CT molecular complexity index is 517. The molecule has 0 aliphatic heterocycles. The van der Waals surface area contributed by atoms with Gasteiger partial charge in [-0.05, 0) is 18.2 Å². The van der Waals surface area contributed by atoms with Gasteiger partial charge in [-0.1, -0.05) is 11.6 Å². The SMILES string of the molecule is CN(C)S(=O)(=O)c1cc(C#N)ccc1Cl. The Hall–Kier alpha value is -1.09. The van der Waals surface area contributed by atoms with Crippen LogP contribution in [0, 0.1) is 11.3 Å². The second kappa shape index (κ2) is 4.19. The minimum Gasteiger partial charge on any atom is -0.207 e. The Morgan fingerprint density at radius 3 is 2.47 bits per heavy atom. The molecule has 1 aromatic rings. The highest BCUT2D eigenvalue weighted by Crippen LogP contribution is 2.24. The van der Waals surface area contributed by atoms with E-state index >= 15 is 0 Å². The minimum atomic E-state index is -3.59. The maximum atomic E-state index is 11.8. The van der Waals surface area contributed by atoms with Gasteiger partial charge in [-0.3, -0.25) is 0 Å². The predicted octanol–water partition coefficient (Wildman–Crippen LogP) is 1.46. The molecule has 0 unspecified atom stereocenters. The van der Waals surface area contributed by atoms with Crippen LogP contribution in [-0.2, 0) is 10.0 Å². The molecule has 0 heterocycles. The molecule has 0 bridgehead atoms. The summed E-state index contributed by atoms with van der Waals surface area (Å²) in [5.74, 6) is 0. The highest BCUT2D eigenvalue weighted by atomic mass is 35.5. The van der Waals surface area contributed by atoms with Crippen LogP contribution in [0.5, 0.6) is 0 Å². The van der Waals surface area contributed by atoms with E-state index in [9.17, 15) is 8.42 Å². The normalized spacial score (nSPS) is 11.4. The van der Waals surface area contributed by atoms with E-state index in [0.29, 0.717) is 0 Å². The van der Waals surface area contributed by atoms with E-state index in [4.69, 9.17) is 16.9 Å². The highest BCUT2D eigenvalue weighted by Gasteiger charge is 2.20. The molecule has 0 amide bonds. The second-order valence-corrected chi connectivity index (χ2v) is 5.57. The van der Waals surface area contributed by atoms with Crippen molar-refractivity contribution in [3.05, 3.63) is 28.8 Å². The zero-order chi connectivity index (χ0) is 11.6. The van der Waals surface area contributed by atoms with E-state index in [1.165, 1.54) is 32.3 Å². The Labute approximate surface area is 93.7 Å². The molecule has 0 fully saturated rings. The summed E-state index contributed by atoms with van der Waals surface area (Å²) < 4.78 is 24.6. The molecular formula is C9H9ClN2O2S. The van der Waals surface area contributed by atoms with Crippen molar-refractivity contribution in [2.45, 2.75) is 4.90 Å². The lowest BCUT2D eigenvalue weighted by atomic mass is 10.2.